The van der Waals surface area contributed by atoms with Gasteiger partial charge in [-0.1, -0.05) is 19.8 Å². The monoisotopic (exact) mass is 269 g/mol. The second-order valence-corrected chi connectivity index (χ2v) is 6.98. The van der Waals surface area contributed by atoms with Crippen molar-refractivity contribution < 1.29 is 14.3 Å². The van der Waals surface area contributed by atoms with Gasteiger partial charge in [-0.05, 0) is 52.4 Å². The predicted molar refractivity (Wildman–Crippen MR) is 75.0 cm³/mol. The van der Waals surface area contributed by atoms with Gasteiger partial charge < -0.3 is 14.8 Å². The van der Waals surface area contributed by atoms with Crippen molar-refractivity contribution >= 4 is 12.4 Å². The van der Waals surface area contributed by atoms with E-state index in [1.165, 1.54) is 0 Å². The average molecular weight is 269 g/mol. The molecule has 1 atom stereocenters. The number of aldehydes is 1. The standard InChI is InChI=1S/C15H27NO3/c1-11-6-8-12(9-7-11)15(5,10-17)16-13(18)19-14(2,3)4/h10-12H,6-9H2,1-5H3,(H,16,18). The Labute approximate surface area is 116 Å². The van der Waals surface area contributed by atoms with Crippen LogP contribution in [0.5, 0.6) is 0 Å². The minimum atomic E-state index is -0.817. The van der Waals surface area contributed by atoms with Gasteiger partial charge in [0.05, 0.1) is 5.54 Å². The quantitative estimate of drug-likeness (QED) is 0.800. The Balaban J connectivity index is 2.64. The Morgan fingerprint density at radius 3 is 2.11 bits per heavy atom. The highest BCUT2D eigenvalue weighted by atomic mass is 16.6. The van der Waals surface area contributed by atoms with Gasteiger partial charge in [0.25, 0.3) is 0 Å². The molecule has 1 saturated carbocycles. The van der Waals surface area contributed by atoms with Crippen molar-refractivity contribution in [2.24, 2.45) is 11.8 Å². The molecule has 1 fully saturated rings. The maximum Gasteiger partial charge on any atom is 0.408 e. The highest BCUT2D eigenvalue weighted by Crippen LogP contribution is 2.34. The summed E-state index contributed by atoms with van der Waals surface area (Å²) in [7, 11) is 0. The number of hydrogen-bond acceptors (Lipinski definition) is 3. The van der Waals surface area contributed by atoms with Gasteiger partial charge in [0.1, 0.15) is 11.9 Å². The lowest BCUT2D eigenvalue weighted by atomic mass is 9.73. The lowest BCUT2D eigenvalue weighted by Crippen LogP contribution is -2.54. The van der Waals surface area contributed by atoms with Gasteiger partial charge in [-0.3, -0.25) is 0 Å². The molecule has 1 aliphatic carbocycles. The zero-order chi connectivity index (χ0) is 14.7. The normalized spacial score (nSPS) is 27.2. The summed E-state index contributed by atoms with van der Waals surface area (Å²) in [4.78, 5) is 23.3. The first-order valence-electron chi connectivity index (χ1n) is 7.14. The van der Waals surface area contributed by atoms with Gasteiger partial charge in [0.2, 0.25) is 0 Å². The van der Waals surface area contributed by atoms with Crippen LogP contribution in [0.2, 0.25) is 0 Å². The fraction of sp³-hybridized carbons (Fsp3) is 0.867. The number of rotatable bonds is 3. The summed E-state index contributed by atoms with van der Waals surface area (Å²) in [5, 5.41) is 2.75. The van der Waals surface area contributed by atoms with Crippen molar-refractivity contribution in [1.29, 1.82) is 0 Å². The summed E-state index contributed by atoms with van der Waals surface area (Å²) in [5.74, 6) is 0.919. The second kappa shape index (κ2) is 5.93. The fourth-order valence-corrected chi connectivity index (χ4v) is 2.61. The highest BCUT2D eigenvalue weighted by molar-refractivity contribution is 5.76. The molecule has 4 nitrogen and oxygen atoms in total. The van der Waals surface area contributed by atoms with Gasteiger partial charge >= 0.3 is 6.09 Å². The predicted octanol–water partition coefficient (Wildman–Crippen LogP) is 3.30. The van der Waals surface area contributed by atoms with E-state index in [0.29, 0.717) is 5.92 Å². The lowest BCUT2D eigenvalue weighted by molar-refractivity contribution is -0.115. The van der Waals surface area contributed by atoms with Gasteiger partial charge in [-0.2, -0.15) is 0 Å². The van der Waals surface area contributed by atoms with Crippen molar-refractivity contribution in [1.82, 2.24) is 5.32 Å². The summed E-state index contributed by atoms with van der Waals surface area (Å²) in [6, 6.07) is 0. The minimum absolute atomic E-state index is 0.203. The fourth-order valence-electron chi connectivity index (χ4n) is 2.61. The summed E-state index contributed by atoms with van der Waals surface area (Å²) < 4.78 is 5.24. The van der Waals surface area contributed by atoms with E-state index in [0.717, 1.165) is 32.0 Å². The number of ether oxygens (including phenoxy) is 1. The highest BCUT2D eigenvalue weighted by Gasteiger charge is 2.38. The third-order valence-electron chi connectivity index (χ3n) is 3.88. The van der Waals surface area contributed by atoms with E-state index < -0.39 is 17.2 Å². The Morgan fingerprint density at radius 1 is 1.16 bits per heavy atom. The molecule has 0 aromatic heterocycles. The first kappa shape index (κ1) is 16.0. The summed E-state index contributed by atoms with van der Waals surface area (Å²) in [5.41, 5.74) is -1.36. The van der Waals surface area contributed by atoms with Crippen LogP contribution >= 0.6 is 0 Å². The van der Waals surface area contributed by atoms with Crippen LogP contribution in [0, 0.1) is 11.8 Å². The van der Waals surface area contributed by atoms with E-state index in [4.69, 9.17) is 4.74 Å². The number of amides is 1. The van der Waals surface area contributed by atoms with Crippen LogP contribution in [-0.2, 0) is 9.53 Å². The van der Waals surface area contributed by atoms with Crippen LogP contribution in [0.4, 0.5) is 4.79 Å². The molecule has 1 aliphatic rings. The van der Waals surface area contributed by atoms with E-state index >= 15 is 0 Å². The van der Waals surface area contributed by atoms with E-state index in [9.17, 15) is 9.59 Å². The molecular weight excluding hydrogens is 242 g/mol. The molecule has 1 amide bonds. The van der Waals surface area contributed by atoms with Gasteiger partial charge in [0.15, 0.2) is 0 Å². The Morgan fingerprint density at radius 2 is 1.68 bits per heavy atom. The molecular formula is C15H27NO3. The van der Waals surface area contributed by atoms with E-state index in [1.54, 1.807) is 6.92 Å². The zero-order valence-electron chi connectivity index (χ0n) is 12.8. The molecule has 1 unspecified atom stereocenters. The van der Waals surface area contributed by atoms with Crippen LogP contribution in [0.15, 0.2) is 0 Å². The molecule has 1 N–H and O–H groups in total. The maximum absolute atomic E-state index is 11.8. The largest absolute Gasteiger partial charge is 0.444 e. The molecule has 0 heterocycles. The lowest BCUT2D eigenvalue weighted by Gasteiger charge is -2.38. The van der Waals surface area contributed by atoms with E-state index in [1.807, 2.05) is 20.8 Å². The van der Waals surface area contributed by atoms with Gasteiger partial charge in [-0.15, -0.1) is 0 Å². The molecule has 0 aliphatic heterocycles. The van der Waals surface area contributed by atoms with Crippen LogP contribution in [0.1, 0.15) is 60.3 Å². The maximum atomic E-state index is 11.8. The Hall–Kier alpha value is -1.06. The molecule has 0 radical (unpaired) electrons. The molecule has 0 aromatic carbocycles. The Bertz CT molecular complexity index is 327. The first-order chi connectivity index (χ1) is 8.66. The van der Waals surface area contributed by atoms with Crippen molar-refractivity contribution in [3.8, 4) is 0 Å². The van der Waals surface area contributed by atoms with Crippen molar-refractivity contribution in [2.75, 3.05) is 0 Å². The summed E-state index contributed by atoms with van der Waals surface area (Å²) >= 11 is 0. The topological polar surface area (TPSA) is 55.4 Å². The smallest absolute Gasteiger partial charge is 0.408 e. The number of nitrogens with one attached hydrogen (secondary N) is 1. The molecule has 110 valence electrons. The van der Waals surface area contributed by atoms with Crippen molar-refractivity contribution in [2.45, 2.75) is 71.4 Å². The van der Waals surface area contributed by atoms with E-state index in [2.05, 4.69) is 12.2 Å². The molecule has 0 bridgehead atoms. The third kappa shape index (κ3) is 4.84. The summed E-state index contributed by atoms with van der Waals surface area (Å²) in [6.45, 7) is 9.47. The number of carbonyl (C=O) groups is 2. The average Bonchev–Trinajstić information content (AvgIpc) is 2.26. The molecule has 4 heteroatoms. The number of carbonyl (C=O) groups excluding carboxylic acids is 2. The van der Waals surface area contributed by atoms with Crippen LogP contribution in [0.3, 0.4) is 0 Å². The zero-order valence-corrected chi connectivity index (χ0v) is 12.8. The van der Waals surface area contributed by atoms with Crippen LogP contribution in [0.25, 0.3) is 0 Å². The molecule has 0 saturated heterocycles. The Kier molecular flexibility index (Phi) is 4.99. The van der Waals surface area contributed by atoms with E-state index in [-0.39, 0.29) is 5.92 Å². The van der Waals surface area contributed by atoms with Crippen molar-refractivity contribution in [3.05, 3.63) is 0 Å². The SMILES string of the molecule is CC1CCC(C(C)(C=O)NC(=O)OC(C)(C)C)CC1. The number of hydrogen-bond donors (Lipinski definition) is 1. The molecule has 19 heavy (non-hydrogen) atoms. The molecule has 0 aromatic rings. The third-order valence-corrected chi connectivity index (χ3v) is 3.88. The first-order valence-corrected chi connectivity index (χ1v) is 7.14. The van der Waals surface area contributed by atoms with Gasteiger partial charge in [0, 0.05) is 0 Å². The summed E-state index contributed by atoms with van der Waals surface area (Å²) in [6.07, 6.45) is 4.53. The van der Waals surface area contributed by atoms with Crippen LogP contribution < -0.4 is 5.32 Å². The molecule has 0 spiro atoms. The second-order valence-electron chi connectivity index (χ2n) is 6.98. The van der Waals surface area contributed by atoms with Gasteiger partial charge in [-0.25, -0.2) is 4.79 Å². The molecule has 1 rings (SSSR count). The van der Waals surface area contributed by atoms with Crippen LogP contribution in [-0.4, -0.2) is 23.5 Å². The minimum Gasteiger partial charge on any atom is -0.444 e. The van der Waals surface area contributed by atoms with Crippen molar-refractivity contribution in [3.63, 3.8) is 0 Å². The number of alkyl carbamates (subject to hydrolysis) is 1.